The van der Waals surface area contributed by atoms with Crippen LogP contribution in [-0.2, 0) is 65.4 Å². The number of esters is 4. The molecule has 0 saturated heterocycles. The Balaban J connectivity index is 5.50. The summed E-state index contributed by atoms with van der Waals surface area (Å²) in [7, 11) is -10.0. The van der Waals surface area contributed by atoms with Crippen molar-refractivity contribution in [3.63, 3.8) is 0 Å². The van der Waals surface area contributed by atoms with E-state index in [1.54, 1.807) is 0 Å². The first-order valence-corrected chi connectivity index (χ1v) is 43.0. The van der Waals surface area contributed by atoms with E-state index in [0.717, 1.165) is 180 Å². The molecule has 0 saturated carbocycles. The number of ether oxygens (including phenoxy) is 4. The van der Waals surface area contributed by atoms with E-state index in [-0.39, 0.29) is 25.7 Å². The predicted molar refractivity (Wildman–Crippen MR) is 436 cm³/mol. The molecule has 17 nitrogen and oxygen atoms in total. The summed E-state index contributed by atoms with van der Waals surface area (Å²) in [6.07, 6.45) is 93.0. The highest BCUT2D eigenvalue weighted by Gasteiger charge is 2.30. The third kappa shape index (κ3) is 76.4. The Morgan fingerprint density at radius 2 is 0.500 bits per heavy atom. The number of carbonyl (C=O) groups excluding carboxylic acids is 4. The Bertz CT molecular complexity index is 2730. The first-order chi connectivity index (χ1) is 51.7. The summed E-state index contributed by atoms with van der Waals surface area (Å²) in [4.78, 5) is 73.1. The van der Waals surface area contributed by atoms with Crippen molar-refractivity contribution in [3.8, 4) is 0 Å². The van der Waals surface area contributed by atoms with Crippen molar-refractivity contribution < 1.29 is 80.2 Å². The zero-order chi connectivity index (χ0) is 77.4. The van der Waals surface area contributed by atoms with Gasteiger partial charge in [0.15, 0.2) is 12.2 Å². The maximum absolute atomic E-state index is 13.1. The fourth-order valence-corrected chi connectivity index (χ4v) is 11.4. The first kappa shape index (κ1) is 100. The fraction of sp³-hybridized carbons (Fsp3) is 0.609. The second-order valence-electron chi connectivity index (χ2n) is 25.9. The highest BCUT2D eigenvalue weighted by Crippen LogP contribution is 2.45. The Hall–Kier alpha value is -5.84. The molecule has 0 bridgehead atoms. The summed E-state index contributed by atoms with van der Waals surface area (Å²) in [5.41, 5.74) is 0. The van der Waals surface area contributed by atoms with Crippen molar-refractivity contribution in [1.82, 2.24) is 0 Å². The monoisotopic (exact) mass is 1520 g/mol. The zero-order valence-corrected chi connectivity index (χ0v) is 67.3. The van der Waals surface area contributed by atoms with Crippen molar-refractivity contribution in [2.45, 2.75) is 303 Å². The molecule has 0 aromatic rings. The van der Waals surface area contributed by atoms with E-state index in [1.807, 2.05) is 12.2 Å². The average molecular weight is 1520 g/mol. The van der Waals surface area contributed by atoms with Crippen LogP contribution >= 0.6 is 15.6 Å². The van der Waals surface area contributed by atoms with Crippen LogP contribution in [0.2, 0.25) is 0 Å². The molecule has 0 aliphatic heterocycles. The van der Waals surface area contributed by atoms with Crippen molar-refractivity contribution in [1.29, 1.82) is 0 Å². The van der Waals surface area contributed by atoms with Gasteiger partial charge in [0.1, 0.15) is 19.3 Å². The number of aliphatic hydroxyl groups excluding tert-OH is 1. The smallest absolute Gasteiger partial charge is 0.462 e. The van der Waals surface area contributed by atoms with Gasteiger partial charge in [0.05, 0.1) is 26.4 Å². The summed E-state index contributed by atoms with van der Waals surface area (Å²) in [6.45, 7) is 4.35. The Kier molecular flexibility index (Phi) is 73.1. The van der Waals surface area contributed by atoms with E-state index in [2.05, 4.69) is 198 Å². The molecular weight excluding hydrogens is 1380 g/mol. The third-order valence-electron chi connectivity index (χ3n) is 15.8. The van der Waals surface area contributed by atoms with Crippen LogP contribution in [-0.4, -0.2) is 96.7 Å². The number of carbonyl (C=O) groups is 4. The van der Waals surface area contributed by atoms with E-state index < -0.39 is 97.5 Å². The molecule has 600 valence electrons. The third-order valence-corrected chi connectivity index (χ3v) is 17.7. The van der Waals surface area contributed by atoms with Crippen LogP contribution in [0.3, 0.4) is 0 Å². The molecule has 0 spiro atoms. The number of aliphatic hydroxyl groups is 1. The molecule has 3 N–H and O–H groups in total. The number of allylic oxidation sites excluding steroid dienone is 30. The van der Waals surface area contributed by atoms with Crippen LogP contribution in [0.15, 0.2) is 182 Å². The van der Waals surface area contributed by atoms with Gasteiger partial charge in [0.25, 0.3) is 0 Å². The molecule has 5 atom stereocenters. The summed E-state index contributed by atoms with van der Waals surface area (Å²) >= 11 is 0. The minimum atomic E-state index is -5.01. The van der Waals surface area contributed by atoms with Gasteiger partial charge < -0.3 is 33.8 Å². The maximum Gasteiger partial charge on any atom is 0.472 e. The van der Waals surface area contributed by atoms with Gasteiger partial charge in [-0.1, -0.05) is 268 Å². The lowest BCUT2D eigenvalue weighted by Crippen LogP contribution is -2.30. The Morgan fingerprint density at radius 3 is 0.792 bits per heavy atom. The van der Waals surface area contributed by atoms with Gasteiger partial charge in [-0.25, -0.2) is 9.13 Å². The summed E-state index contributed by atoms with van der Waals surface area (Å²) in [5.74, 6) is -2.33. The van der Waals surface area contributed by atoms with Gasteiger partial charge in [0, 0.05) is 25.7 Å². The summed E-state index contributed by atoms with van der Waals surface area (Å²) in [5, 5.41) is 10.6. The van der Waals surface area contributed by atoms with Crippen LogP contribution in [0.25, 0.3) is 0 Å². The lowest BCUT2D eigenvalue weighted by Gasteiger charge is -2.21. The minimum absolute atomic E-state index is 0.0525. The molecule has 106 heavy (non-hydrogen) atoms. The predicted octanol–water partition coefficient (Wildman–Crippen LogP) is 23.6. The van der Waals surface area contributed by atoms with Crippen molar-refractivity contribution in [2.75, 3.05) is 39.6 Å². The van der Waals surface area contributed by atoms with Crippen LogP contribution in [0, 0.1) is 0 Å². The zero-order valence-electron chi connectivity index (χ0n) is 65.5. The van der Waals surface area contributed by atoms with E-state index in [9.17, 15) is 43.2 Å². The average Bonchev–Trinajstić information content (AvgIpc) is 0.901. The molecule has 0 fully saturated rings. The van der Waals surface area contributed by atoms with Crippen LogP contribution in [0.1, 0.15) is 285 Å². The molecule has 0 rings (SSSR count). The number of phosphoric acid groups is 2. The molecule has 0 radical (unpaired) electrons. The van der Waals surface area contributed by atoms with Gasteiger partial charge in [-0.05, 0) is 173 Å². The van der Waals surface area contributed by atoms with Gasteiger partial charge in [-0.15, -0.1) is 0 Å². The van der Waals surface area contributed by atoms with Crippen molar-refractivity contribution in [2.24, 2.45) is 0 Å². The Labute approximate surface area is 641 Å². The SMILES string of the molecule is CC/C=C\C/C=C\C/C=C\C/C=C\C/C=C\CCCC(=O)OCC(COP(=O)(O)OCC(O)COP(=O)(O)OCC(COC(=O)CCCCCC/C=C\C/C=C\C/C=C\C/C=C\CC)OC(=O)CCCCCC/C=C\C/C=C\C/C=C\C/C=C\CC)OC(=O)CCCCCCC/C=C\C/C=C\CCCCC. The van der Waals surface area contributed by atoms with Crippen molar-refractivity contribution in [3.05, 3.63) is 182 Å². The number of hydrogen-bond acceptors (Lipinski definition) is 15. The summed E-state index contributed by atoms with van der Waals surface area (Å²) in [6, 6.07) is 0. The van der Waals surface area contributed by atoms with Crippen LogP contribution < -0.4 is 0 Å². The second-order valence-corrected chi connectivity index (χ2v) is 28.8. The largest absolute Gasteiger partial charge is 0.472 e. The molecule has 0 heterocycles. The normalized spacial score (nSPS) is 14.8. The molecular formula is C87H140O17P2. The molecule has 0 aliphatic rings. The lowest BCUT2D eigenvalue weighted by molar-refractivity contribution is -0.161. The van der Waals surface area contributed by atoms with E-state index >= 15 is 0 Å². The minimum Gasteiger partial charge on any atom is -0.462 e. The molecule has 19 heteroatoms. The molecule has 0 aromatic carbocycles. The van der Waals surface area contributed by atoms with Gasteiger partial charge >= 0.3 is 39.5 Å². The highest BCUT2D eigenvalue weighted by atomic mass is 31.2. The molecule has 0 aliphatic carbocycles. The van der Waals surface area contributed by atoms with E-state index in [1.165, 1.54) is 19.3 Å². The molecule has 0 amide bonds. The Morgan fingerprint density at radius 1 is 0.274 bits per heavy atom. The number of phosphoric ester groups is 2. The molecule has 5 unspecified atom stereocenters. The first-order valence-electron chi connectivity index (χ1n) is 40.0. The van der Waals surface area contributed by atoms with E-state index in [4.69, 9.17) is 37.0 Å². The van der Waals surface area contributed by atoms with Gasteiger partial charge in [-0.3, -0.25) is 37.3 Å². The van der Waals surface area contributed by atoms with Crippen molar-refractivity contribution >= 4 is 39.5 Å². The van der Waals surface area contributed by atoms with E-state index in [0.29, 0.717) is 32.1 Å². The quantitative estimate of drug-likeness (QED) is 0.0169. The molecule has 0 aromatic heterocycles. The van der Waals surface area contributed by atoms with Gasteiger partial charge in [0.2, 0.25) is 0 Å². The number of hydrogen-bond donors (Lipinski definition) is 3. The maximum atomic E-state index is 13.1. The number of unbranched alkanes of at least 4 members (excludes halogenated alkanes) is 17. The number of rotatable bonds is 73. The second kappa shape index (κ2) is 77.3. The topological polar surface area (TPSA) is 237 Å². The van der Waals surface area contributed by atoms with Crippen LogP contribution in [0.4, 0.5) is 0 Å². The highest BCUT2D eigenvalue weighted by molar-refractivity contribution is 7.47. The van der Waals surface area contributed by atoms with Crippen LogP contribution in [0.5, 0.6) is 0 Å². The fourth-order valence-electron chi connectivity index (χ4n) is 9.85. The van der Waals surface area contributed by atoms with Gasteiger partial charge in [-0.2, -0.15) is 0 Å². The lowest BCUT2D eigenvalue weighted by atomic mass is 10.1. The summed E-state index contributed by atoms with van der Waals surface area (Å²) < 4.78 is 68.5. The standard InChI is InChI=1S/C87H140O17P2/c1-5-9-13-17-21-25-29-33-37-40-44-47-51-55-59-63-67-71-84(89)97-77-82(103-86(91)73-69-65-61-57-53-49-43-36-32-28-24-20-16-12-8-4)79-101-105(93,94)99-75-81(88)76-100-106(95,96)102-80-83(104-87(92)74-70-66-62-58-54-50-46-42-39-35-31-27-23-19-15-11-7-3)78-98-85(90)72-68-64-60-56-52-48-45-41-38-34-30-26-22-18-14-10-6-2/h9-11,13-15,21-28,33-39,43-48,50,55,59,81-83,88H,5-8,12,16-20,29-32,40-42,49,51-54,56-58,60-80H2,1-4H3,(H,93,94)(H,95,96)/b13-9-,14-10-,15-11-,25-21-,26-22-,27-23-,28-24-,37-33-,38-34-,39-35-,43-36-,47-44-,48-45-,50-46-,59-55-.